The number of primary amides is 1. The van der Waals surface area contributed by atoms with Crippen LogP contribution in [0.25, 0.3) is 0 Å². The van der Waals surface area contributed by atoms with Crippen molar-refractivity contribution in [3.05, 3.63) is 0 Å². The molecule has 3 amide bonds. The Bertz CT molecular complexity index is 443. The van der Waals surface area contributed by atoms with Crippen molar-refractivity contribution in [2.24, 2.45) is 5.73 Å². The summed E-state index contributed by atoms with van der Waals surface area (Å²) in [5.74, 6) is -0.451. The second kappa shape index (κ2) is 4.70. The molecular weight excluding hydrogens is 244 g/mol. The SMILES string of the molecule is CC(Sc1nnnn1C1CC1)C(=O)NC(N)=O. The third kappa shape index (κ3) is 2.93. The minimum Gasteiger partial charge on any atom is -0.351 e. The maximum atomic E-state index is 11.5. The molecule has 1 aromatic heterocycles. The van der Waals surface area contributed by atoms with Crippen molar-refractivity contribution in [1.29, 1.82) is 0 Å². The van der Waals surface area contributed by atoms with Gasteiger partial charge in [0.05, 0.1) is 11.3 Å². The van der Waals surface area contributed by atoms with Gasteiger partial charge < -0.3 is 5.73 Å². The molecule has 0 bridgehead atoms. The number of urea groups is 1. The molecule has 0 spiro atoms. The molecular formula is C8H12N6O2S. The summed E-state index contributed by atoms with van der Waals surface area (Å²) in [5.41, 5.74) is 4.87. The predicted molar refractivity (Wildman–Crippen MR) is 59.1 cm³/mol. The average Bonchev–Trinajstić information content (AvgIpc) is 2.99. The van der Waals surface area contributed by atoms with Gasteiger partial charge in [0.25, 0.3) is 0 Å². The Labute approximate surface area is 101 Å². The molecule has 1 fully saturated rings. The zero-order chi connectivity index (χ0) is 12.4. The summed E-state index contributed by atoms with van der Waals surface area (Å²) in [6, 6.07) is -0.511. The number of imide groups is 1. The van der Waals surface area contributed by atoms with Crippen LogP contribution < -0.4 is 11.1 Å². The molecule has 0 radical (unpaired) electrons. The van der Waals surface area contributed by atoms with Crippen molar-refractivity contribution < 1.29 is 9.59 Å². The van der Waals surface area contributed by atoms with E-state index < -0.39 is 17.2 Å². The highest BCUT2D eigenvalue weighted by molar-refractivity contribution is 8.00. The van der Waals surface area contributed by atoms with E-state index in [2.05, 4.69) is 15.5 Å². The van der Waals surface area contributed by atoms with Crippen molar-refractivity contribution in [3.8, 4) is 0 Å². The van der Waals surface area contributed by atoms with Crippen LogP contribution in [0.5, 0.6) is 0 Å². The van der Waals surface area contributed by atoms with Crippen LogP contribution in [-0.2, 0) is 4.79 Å². The van der Waals surface area contributed by atoms with Crippen LogP contribution in [0.1, 0.15) is 25.8 Å². The standard InChI is InChI=1S/C8H12N6O2S/c1-4(6(15)10-7(9)16)17-8-11-12-13-14(8)5-2-3-5/h4-5H,2-3H2,1H3,(H3,9,10,15,16). The Morgan fingerprint density at radius 2 is 2.29 bits per heavy atom. The lowest BCUT2D eigenvalue weighted by atomic mass is 10.4. The van der Waals surface area contributed by atoms with Gasteiger partial charge in [0, 0.05) is 0 Å². The minimum atomic E-state index is -0.857. The fourth-order valence-corrected chi connectivity index (χ4v) is 2.11. The minimum absolute atomic E-state index is 0.346. The lowest BCUT2D eigenvalue weighted by molar-refractivity contribution is -0.119. The first-order chi connectivity index (χ1) is 8.08. The van der Waals surface area contributed by atoms with E-state index in [-0.39, 0.29) is 0 Å². The normalized spacial score (nSPS) is 16.5. The summed E-state index contributed by atoms with van der Waals surface area (Å²) in [7, 11) is 0. The van der Waals surface area contributed by atoms with Gasteiger partial charge in [-0.1, -0.05) is 11.8 Å². The Kier molecular flexibility index (Phi) is 3.27. The molecule has 1 unspecified atom stereocenters. The van der Waals surface area contributed by atoms with Crippen molar-refractivity contribution in [1.82, 2.24) is 25.5 Å². The quantitative estimate of drug-likeness (QED) is 0.713. The van der Waals surface area contributed by atoms with E-state index in [1.54, 1.807) is 11.6 Å². The maximum absolute atomic E-state index is 11.5. The second-order valence-corrected chi connectivity index (χ2v) is 5.06. The second-order valence-electron chi connectivity index (χ2n) is 3.75. The van der Waals surface area contributed by atoms with Gasteiger partial charge in [-0.3, -0.25) is 10.1 Å². The van der Waals surface area contributed by atoms with Crippen molar-refractivity contribution in [2.75, 3.05) is 0 Å². The van der Waals surface area contributed by atoms with Crippen LogP contribution in [0, 0.1) is 0 Å². The number of amides is 3. The number of hydrogen-bond donors (Lipinski definition) is 2. The first kappa shape index (κ1) is 11.8. The fourth-order valence-electron chi connectivity index (χ4n) is 1.25. The number of nitrogens with two attached hydrogens (primary N) is 1. The van der Waals surface area contributed by atoms with Gasteiger partial charge in [0.1, 0.15) is 0 Å². The maximum Gasteiger partial charge on any atom is 0.318 e. The molecule has 9 heteroatoms. The highest BCUT2D eigenvalue weighted by atomic mass is 32.2. The van der Waals surface area contributed by atoms with Gasteiger partial charge in [-0.05, 0) is 30.2 Å². The number of rotatable bonds is 4. The first-order valence-electron chi connectivity index (χ1n) is 5.12. The lowest BCUT2D eigenvalue weighted by Crippen LogP contribution is -2.39. The van der Waals surface area contributed by atoms with E-state index in [1.165, 1.54) is 11.8 Å². The Morgan fingerprint density at radius 3 is 2.88 bits per heavy atom. The van der Waals surface area contributed by atoms with Gasteiger partial charge in [0.2, 0.25) is 11.1 Å². The molecule has 1 heterocycles. The molecule has 0 aliphatic heterocycles. The Balaban J connectivity index is 1.97. The van der Waals surface area contributed by atoms with Crippen molar-refractivity contribution >= 4 is 23.7 Å². The third-order valence-corrected chi connectivity index (χ3v) is 3.30. The zero-order valence-corrected chi connectivity index (χ0v) is 9.98. The third-order valence-electron chi connectivity index (χ3n) is 2.25. The van der Waals surface area contributed by atoms with Gasteiger partial charge >= 0.3 is 6.03 Å². The van der Waals surface area contributed by atoms with Crippen molar-refractivity contribution in [2.45, 2.75) is 36.2 Å². The van der Waals surface area contributed by atoms with Gasteiger partial charge in [-0.25, -0.2) is 9.48 Å². The van der Waals surface area contributed by atoms with E-state index in [0.29, 0.717) is 11.2 Å². The fraction of sp³-hybridized carbons (Fsp3) is 0.625. The molecule has 1 aliphatic carbocycles. The highest BCUT2D eigenvalue weighted by Crippen LogP contribution is 2.37. The van der Waals surface area contributed by atoms with E-state index in [0.717, 1.165) is 12.8 Å². The van der Waals surface area contributed by atoms with Gasteiger partial charge in [-0.2, -0.15) is 0 Å². The topological polar surface area (TPSA) is 116 Å². The summed E-state index contributed by atoms with van der Waals surface area (Å²) >= 11 is 1.20. The summed E-state index contributed by atoms with van der Waals surface area (Å²) in [4.78, 5) is 22.0. The molecule has 1 atom stereocenters. The van der Waals surface area contributed by atoms with E-state index in [4.69, 9.17) is 5.73 Å². The number of hydrogen-bond acceptors (Lipinski definition) is 6. The van der Waals surface area contributed by atoms with Crippen LogP contribution >= 0.6 is 11.8 Å². The molecule has 8 nitrogen and oxygen atoms in total. The monoisotopic (exact) mass is 256 g/mol. The molecule has 2 rings (SSSR count). The van der Waals surface area contributed by atoms with Crippen LogP contribution in [0.3, 0.4) is 0 Å². The molecule has 92 valence electrons. The average molecular weight is 256 g/mol. The largest absolute Gasteiger partial charge is 0.351 e. The van der Waals surface area contributed by atoms with Crippen LogP contribution in [-0.4, -0.2) is 37.4 Å². The van der Waals surface area contributed by atoms with Crippen LogP contribution in [0.4, 0.5) is 4.79 Å². The molecule has 1 aromatic rings. The van der Waals surface area contributed by atoms with Crippen molar-refractivity contribution in [3.63, 3.8) is 0 Å². The summed E-state index contributed by atoms with van der Waals surface area (Å²) in [6.45, 7) is 1.66. The summed E-state index contributed by atoms with van der Waals surface area (Å²) < 4.78 is 1.71. The van der Waals surface area contributed by atoms with Gasteiger partial charge in [0.15, 0.2) is 0 Å². The summed E-state index contributed by atoms with van der Waals surface area (Å²) in [5, 5.41) is 13.4. The van der Waals surface area contributed by atoms with E-state index in [9.17, 15) is 9.59 Å². The number of carbonyl (C=O) groups is 2. The predicted octanol–water partition coefficient (Wildman–Crippen LogP) is -0.317. The van der Waals surface area contributed by atoms with E-state index in [1.807, 2.05) is 5.32 Å². The number of thioether (sulfide) groups is 1. The lowest BCUT2D eigenvalue weighted by Gasteiger charge is -2.09. The Hall–Kier alpha value is -1.64. The van der Waals surface area contributed by atoms with Gasteiger partial charge in [-0.15, -0.1) is 5.10 Å². The number of tetrazole rings is 1. The molecule has 1 aliphatic rings. The smallest absolute Gasteiger partial charge is 0.318 e. The number of aromatic nitrogens is 4. The van der Waals surface area contributed by atoms with Crippen LogP contribution in [0.2, 0.25) is 0 Å². The number of carbonyl (C=O) groups excluding carboxylic acids is 2. The highest BCUT2D eigenvalue weighted by Gasteiger charge is 2.29. The number of nitrogens with zero attached hydrogens (tertiary/aromatic N) is 4. The molecule has 3 N–H and O–H groups in total. The molecule has 1 saturated carbocycles. The molecule has 17 heavy (non-hydrogen) atoms. The van der Waals surface area contributed by atoms with Crippen LogP contribution in [0.15, 0.2) is 5.16 Å². The van der Waals surface area contributed by atoms with E-state index >= 15 is 0 Å². The Morgan fingerprint density at radius 1 is 1.59 bits per heavy atom. The zero-order valence-electron chi connectivity index (χ0n) is 9.16. The summed E-state index contributed by atoms with van der Waals surface area (Å²) in [6.07, 6.45) is 2.11. The first-order valence-corrected chi connectivity index (χ1v) is 6.00. The molecule has 0 saturated heterocycles. The molecule has 0 aromatic carbocycles. The number of nitrogens with one attached hydrogen (secondary N) is 1.